The fourth-order valence-electron chi connectivity index (χ4n) is 1.46. The Hall–Kier alpha value is -1.08. The third-order valence-corrected chi connectivity index (χ3v) is 4.83. The Kier molecular flexibility index (Phi) is 6.30. The molecule has 1 heterocycles. The molecule has 0 saturated heterocycles. The van der Waals surface area contributed by atoms with Crippen LogP contribution in [0, 0.1) is 6.92 Å². The lowest BCUT2D eigenvalue weighted by Gasteiger charge is -2.10. The highest BCUT2D eigenvalue weighted by molar-refractivity contribution is 7.99. The Labute approximate surface area is 120 Å². The van der Waals surface area contributed by atoms with Crippen LogP contribution in [-0.4, -0.2) is 33.5 Å². The van der Waals surface area contributed by atoms with Gasteiger partial charge in [0.15, 0.2) is 0 Å². The van der Waals surface area contributed by atoms with Crippen molar-refractivity contribution >= 4 is 35.0 Å². The molecule has 19 heavy (non-hydrogen) atoms. The molecule has 1 rings (SSSR count). The Morgan fingerprint density at radius 2 is 2.21 bits per heavy atom. The van der Waals surface area contributed by atoms with E-state index in [1.807, 2.05) is 6.92 Å². The summed E-state index contributed by atoms with van der Waals surface area (Å²) in [5.74, 6) is 0.365. The highest BCUT2D eigenvalue weighted by Gasteiger charge is 2.18. The van der Waals surface area contributed by atoms with E-state index >= 15 is 0 Å². The number of aromatic carboxylic acids is 1. The quantitative estimate of drug-likeness (QED) is 0.756. The van der Waals surface area contributed by atoms with E-state index in [-0.39, 0.29) is 16.8 Å². The van der Waals surface area contributed by atoms with Crippen molar-refractivity contribution in [2.24, 2.45) is 0 Å². The van der Waals surface area contributed by atoms with Crippen molar-refractivity contribution < 1.29 is 14.7 Å². The molecule has 0 aliphatic heterocycles. The highest BCUT2D eigenvalue weighted by Crippen LogP contribution is 2.23. The van der Waals surface area contributed by atoms with Gasteiger partial charge in [-0.1, -0.05) is 6.92 Å². The van der Waals surface area contributed by atoms with Crippen LogP contribution in [0.4, 0.5) is 0 Å². The number of amides is 1. The zero-order chi connectivity index (χ0) is 14.4. The minimum Gasteiger partial charge on any atom is -0.477 e. The van der Waals surface area contributed by atoms with Gasteiger partial charge >= 0.3 is 5.97 Å². The first-order valence-corrected chi connectivity index (χ1v) is 8.00. The smallest absolute Gasteiger partial charge is 0.347 e. The van der Waals surface area contributed by atoms with Crippen molar-refractivity contribution in [3.63, 3.8) is 0 Å². The Bertz CT molecular complexity index is 460. The van der Waals surface area contributed by atoms with Gasteiger partial charge in [0.25, 0.3) is 0 Å². The van der Waals surface area contributed by atoms with E-state index in [0.717, 1.165) is 23.5 Å². The Morgan fingerprint density at radius 1 is 1.53 bits per heavy atom. The van der Waals surface area contributed by atoms with Crippen LogP contribution in [0.15, 0.2) is 0 Å². The predicted octanol–water partition coefficient (Wildman–Crippen LogP) is 2.47. The molecule has 0 bridgehead atoms. The predicted molar refractivity (Wildman–Crippen MR) is 78.0 cm³/mol. The van der Waals surface area contributed by atoms with Crippen molar-refractivity contribution in [1.82, 2.24) is 10.3 Å². The van der Waals surface area contributed by atoms with Gasteiger partial charge in [0.1, 0.15) is 9.88 Å². The Morgan fingerprint density at radius 3 is 2.74 bits per heavy atom. The molecular formula is C12H18N2O3S2. The van der Waals surface area contributed by atoms with Gasteiger partial charge in [-0.15, -0.1) is 11.3 Å². The van der Waals surface area contributed by atoms with Crippen LogP contribution in [-0.2, 0) is 4.79 Å². The van der Waals surface area contributed by atoms with Gasteiger partial charge in [-0.2, -0.15) is 11.8 Å². The van der Waals surface area contributed by atoms with Crippen LogP contribution < -0.4 is 5.32 Å². The summed E-state index contributed by atoms with van der Waals surface area (Å²) in [6, 6.07) is -0.258. The molecule has 7 heteroatoms. The molecule has 0 aromatic carbocycles. The maximum Gasteiger partial charge on any atom is 0.347 e. The third kappa shape index (κ3) is 4.83. The number of rotatable bonds is 7. The zero-order valence-corrected chi connectivity index (χ0v) is 12.9. The molecule has 0 aliphatic carbocycles. The molecule has 1 atom stereocenters. The number of nitrogens with zero attached hydrogens (tertiary/aromatic N) is 1. The number of hydrogen-bond donors (Lipinski definition) is 2. The molecule has 106 valence electrons. The van der Waals surface area contributed by atoms with Gasteiger partial charge in [-0.3, -0.25) is 4.79 Å². The van der Waals surface area contributed by atoms with Crippen molar-refractivity contribution in [2.75, 3.05) is 11.5 Å². The van der Waals surface area contributed by atoms with E-state index in [2.05, 4.69) is 17.2 Å². The summed E-state index contributed by atoms with van der Waals surface area (Å²) >= 11 is 2.70. The molecule has 5 nitrogen and oxygen atoms in total. The normalized spacial score (nSPS) is 12.2. The monoisotopic (exact) mass is 302 g/mol. The van der Waals surface area contributed by atoms with Crippen LogP contribution >= 0.6 is 23.1 Å². The lowest BCUT2D eigenvalue weighted by Crippen LogP contribution is -2.28. The molecule has 0 aliphatic rings. The summed E-state index contributed by atoms with van der Waals surface area (Å²) in [6.45, 7) is 5.54. The molecule has 0 fully saturated rings. The number of carbonyl (C=O) groups is 2. The summed E-state index contributed by atoms with van der Waals surface area (Å²) in [6.07, 6.45) is 1.04. The minimum atomic E-state index is -0.974. The number of thioether (sulfide) groups is 1. The third-order valence-electron chi connectivity index (χ3n) is 2.34. The number of carbonyl (C=O) groups excluding carboxylic acids is 1. The maximum atomic E-state index is 11.7. The molecule has 1 amide bonds. The van der Waals surface area contributed by atoms with E-state index in [1.165, 1.54) is 0 Å². The second-order valence-electron chi connectivity index (χ2n) is 4.11. The van der Waals surface area contributed by atoms with Gasteiger partial charge in [-0.25, -0.2) is 9.78 Å². The topological polar surface area (TPSA) is 79.3 Å². The second-order valence-corrected chi connectivity index (χ2v) is 6.25. The van der Waals surface area contributed by atoms with Gasteiger partial charge < -0.3 is 10.4 Å². The molecule has 1 aromatic rings. The number of carboxylic acids is 1. The Balaban J connectivity index is 2.58. The molecule has 0 spiro atoms. The minimum absolute atomic E-state index is 0.0457. The van der Waals surface area contributed by atoms with Gasteiger partial charge in [0.2, 0.25) is 5.91 Å². The van der Waals surface area contributed by atoms with Crippen LogP contribution in [0.2, 0.25) is 0 Å². The number of carboxylic acid groups (broad SMARTS) is 1. The van der Waals surface area contributed by atoms with Crippen molar-refractivity contribution in [3.05, 3.63) is 15.6 Å². The summed E-state index contributed by atoms with van der Waals surface area (Å²) in [4.78, 5) is 27.0. The van der Waals surface area contributed by atoms with Gasteiger partial charge in [0, 0.05) is 0 Å². The van der Waals surface area contributed by atoms with E-state index in [1.54, 1.807) is 18.7 Å². The zero-order valence-electron chi connectivity index (χ0n) is 11.2. The van der Waals surface area contributed by atoms with E-state index in [9.17, 15) is 9.59 Å². The second kappa shape index (κ2) is 7.49. The van der Waals surface area contributed by atoms with E-state index < -0.39 is 5.97 Å². The fraction of sp³-hybridized carbons (Fsp3) is 0.583. The largest absolute Gasteiger partial charge is 0.477 e. The van der Waals surface area contributed by atoms with E-state index in [4.69, 9.17) is 5.11 Å². The number of thiazole rings is 1. The fourth-order valence-corrected chi connectivity index (χ4v) is 3.06. The summed E-state index contributed by atoms with van der Waals surface area (Å²) < 4.78 is 0. The number of nitrogens with one attached hydrogen (secondary N) is 1. The molecule has 2 N–H and O–H groups in total. The lowest BCUT2D eigenvalue weighted by atomic mass is 10.3. The summed E-state index contributed by atoms with van der Waals surface area (Å²) in [7, 11) is 0. The molecule has 0 saturated carbocycles. The van der Waals surface area contributed by atoms with Gasteiger partial charge in [-0.05, 0) is 26.0 Å². The number of aromatic nitrogens is 1. The first kappa shape index (κ1) is 16.0. The number of aryl methyl sites for hydroxylation is 1. The highest BCUT2D eigenvalue weighted by atomic mass is 32.2. The van der Waals surface area contributed by atoms with Gasteiger partial charge in [0.05, 0.1) is 17.5 Å². The van der Waals surface area contributed by atoms with Crippen LogP contribution in [0.3, 0.4) is 0 Å². The van der Waals surface area contributed by atoms with Crippen LogP contribution in [0.25, 0.3) is 0 Å². The summed E-state index contributed by atoms with van der Waals surface area (Å²) in [5, 5.41) is 12.4. The lowest BCUT2D eigenvalue weighted by molar-refractivity contribution is -0.119. The number of hydrogen-bond acceptors (Lipinski definition) is 5. The van der Waals surface area contributed by atoms with Crippen molar-refractivity contribution in [3.8, 4) is 0 Å². The molecule has 1 unspecified atom stereocenters. The average molecular weight is 302 g/mol. The molecule has 0 radical (unpaired) electrons. The standard InChI is InChI=1S/C12H18N2O3S2/c1-4-5-18-6-9(15)13-8(3)11-14-7(2)10(19-11)12(16)17/h8H,4-6H2,1-3H3,(H,13,15)(H,16,17). The first-order valence-electron chi connectivity index (χ1n) is 6.03. The molecular weight excluding hydrogens is 284 g/mol. The van der Waals surface area contributed by atoms with Crippen LogP contribution in [0.5, 0.6) is 0 Å². The maximum absolute atomic E-state index is 11.7. The van der Waals surface area contributed by atoms with Crippen molar-refractivity contribution in [1.29, 1.82) is 0 Å². The summed E-state index contributed by atoms with van der Waals surface area (Å²) in [5.41, 5.74) is 0.494. The van der Waals surface area contributed by atoms with E-state index in [0.29, 0.717) is 16.5 Å². The van der Waals surface area contributed by atoms with Crippen molar-refractivity contribution in [2.45, 2.75) is 33.2 Å². The van der Waals surface area contributed by atoms with Crippen LogP contribution in [0.1, 0.15) is 46.7 Å². The SMILES string of the molecule is CCCSCC(=O)NC(C)c1nc(C)c(C(=O)O)s1. The first-order chi connectivity index (χ1) is 8.95. The molecule has 1 aromatic heterocycles. The average Bonchev–Trinajstić information content (AvgIpc) is 2.72.